The molecule has 1 aromatic heterocycles. The van der Waals surface area contributed by atoms with Crippen molar-refractivity contribution < 1.29 is 23.8 Å². The highest BCUT2D eigenvalue weighted by atomic mass is 35.5. The first-order chi connectivity index (χ1) is 15.5. The number of aliphatic hydroxyl groups excluding tert-OH is 1. The number of halogens is 1. The molecule has 4 rings (SSSR count). The van der Waals surface area contributed by atoms with Gasteiger partial charge in [-0.2, -0.15) is 0 Å². The molecule has 1 N–H and O–H groups in total. The second-order valence-corrected chi connectivity index (χ2v) is 7.78. The molecular weight excluding hydrogens is 430 g/mol. The molecule has 0 aliphatic carbocycles. The monoisotopic (exact) mass is 451 g/mol. The van der Waals surface area contributed by atoms with Gasteiger partial charge < -0.3 is 19.2 Å². The number of carbonyl (C=O) groups excluding carboxylic acids is 2. The van der Waals surface area contributed by atoms with Crippen LogP contribution in [0.15, 0.2) is 76.9 Å². The summed E-state index contributed by atoms with van der Waals surface area (Å²) >= 11 is 5.95. The molecule has 1 atom stereocenters. The Balaban J connectivity index is 1.69. The highest BCUT2D eigenvalue weighted by Crippen LogP contribution is 2.39. The van der Waals surface area contributed by atoms with Gasteiger partial charge in [0.1, 0.15) is 23.3 Å². The van der Waals surface area contributed by atoms with Crippen molar-refractivity contribution in [3.8, 4) is 5.75 Å². The van der Waals surface area contributed by atoms with E-state index in [1.54, 1.807) is 48.5 Å². The van der Waals surface area contributed by atoms with E-state index in [1.165, 1.54) is 11.2 Å². The van der Waals surface area contributed by atoms with Crippen LogP contribution in [0.3, 0.4) is 0 Å². The summed E-state index contributed by atoms with van der Waals surface area (Å²) in [6.07, 6.45) is 2.00. The molecule has 32 heavy (non-hydrogen) atoms. The third-order valence-electron chi connectivity index (χ3n) is 5.35. The summed E-state index contributed by atoms with van der Waals surface area (Å²) in [7, 11) is 0. The first kappa shape index (κ1) is 21.7. The Kier molecular flexibility index (Phi) is 6.32. The van der Waals surface area contributed by atoms with Crippen molar-refractivity contribution in [2.45, 2.75) is 19.4 Å². The van der Waals surface area contributed by atoms with Crippen LogP contribution < -0.4 is 4.74 Å². The lowest BCUT2D eigenvalue weighted by atomic mass is 9.99. The zero-order valence-corrected chi connectivity index (χ0v) is 18.2. The maximum atomic E-state index is 13.0. The number of hydrogen-bond acceptors (Lipinski definition) is 5. The molecule has 164 valence electrons. The highest BCUT2D eigenvalue weighted by Gasteiger charge is 2.47. The number of nitrogens with zero attached hydrogens (tertiary/aromatic N) is 1. The van der Waals surface area contributed by atoms with Crippen molar-refractivity contribution in [2.75, 3.05) is 13.2 Å². The number of amides is 1. The number of rotatable bonds is 7. The number of carbonyl (C=O) groups is 2. The van der Waals surface area contributed by atoms with E-state index in [1.807, 2.05) is 19.1 Å². The number of ether oxygens (including phenoxy) is 1. The molecule has 1 fully saturated rings. The van der Waals surface area contributed by atoms with Crippen LogP contribution in [0.1, 0.15) is 29.9 Å². The van der Waals surface area contributed by atoms with E-state index < -0.39 is 17.7 Å². The summed E-state index contributed by atoms with van der Waals surface area (Å²) in [5.74, 6) is -0.605. The minimum absolute atomic E-state index is 0.00483. The van der Waals surface area contributed by atoms with Crippen molar-refractivity contribution in [3.05, 3.63) is 94.4 Å². The van der Waals surface area contributed by atoms with Gasteiger partial charge in [-0.15, -0.1) is 0 Å². The smallest absolute Gasteiger partial charge is 0.295 e. The van der Waals surface area contributed by atoms with Gasteiger partial charge in [-0.3, -0.25) is 9.59 Å². The van der Waals surface area contributed by atoms with Crippen molar-refractivity contribution in [1.29, 1.82) is 0 Å². The highest BCUT2D eigenvalue weighted by molar-refractivity contribution is 6.46. The molecule has 2 aromatic carbocycles. The molecule has 2 heterocycles. The van der Waals surface area contributed by atoms with Gasteiger partial charge in [0, 0.05) is 17.1 Å². The lowest BCUT2D eigenvalue weighted by Crippen LogP contribution is -2.31. The molecule has 1 amide bonds. The Bertz CT molecular complexity index is 1130. The number of aliphatic hydroxyl groups is 1. The summed E-state index contributed by atoms with van der Waals surface area (Å²) in [6.45, 7) is 2.67. The van der Waals surface area contributed by atoms with E-state index in [0.29, 0.717) is 35.1 Å². The third-order valence-corrected chi connectivity index (χ3v) is 5.60. The molecular formula is C25H22ClNO5. The molecule has 1 unspecified atom stereocenters. The van der Waals surface area contributed by atoms with Gasteiger partial charge in [0.15, 0.2) is 0 Å². The van der Waals surface area contributed by atoms with Crippen molar-refractivity contribution in [1.82, 2.24) is 4.90 Å². The van der Waals surface area contributed by atoms with E-state index in [-0.39, 0.29) is 17.9 Å². The fourth-order valence-corrected chi connectivity index (χ4v) is 3.91. The Hall–Kier alpha value is -3.51. The summed E-state index contributed by atoms with van der Waals surface area (Å²) in [5.41, 5.74) is 1.40. The molecule has 1 aliphatic heterocycles. The summed E-state index contributed by atoms with van der Waals surface area (Å²) in [5, 5.41) is 11.6. The zero-order valence-electron chi connectivity index (χ0n) is 17.5. The van der Waals surface area contributed by atoms with Crippen LogP contribution >= 0.6 is 11.6 Å². The molecule has 3 aromatic rings. The number of benzene rings is 2. The molecule has 6 nitrogen and oxygen atoms in total. The number of ketones is 1. The van der Waals surface area contributed by atoms with Crippen LogP contribution in [0.25, 0.3) is 5.76 Å². The molecule has 0 radical (unpaired) electrons. The van der Waals surface area contributed by atoms with E-state index in [9.17, 15) is 14.7 Å². The van der Waals surface area contributed by atoms with Gasteiger partial charge in [0.05, 0.1) is 18.4 Å². The molecule has 1 saturated heterocycles. The van der Waals surface area contributed by atoms with Gasteiger partial charge in [0.2, 0.25) is 0 Å². The lowest BCUT2D eigenvalue weighted by Gasteiger charge is -2.23. The van der Waals surface area contributed by atoms with Gasteiger partial charge in [-0.25, -0.2) is 0 Å². The Morgan fingerprint density at radius 1 is 1.09 bits per heavy atom. The Labute approximate surface area is 190 Å². The van der Waals surface area contributed by atoms with Gasteiger partial charge >= 0.3 is 0 Å². The number of furan rings is 1. The molecule has 7 heteroatoms. The summed E-state index contributed by atoms with van der Waals surface area (Å²) < 4.78 is 11.0. The predicted molar refractivity (Wildman–Crippen MR) is 120 cm³/mol. The number of Topliss-reactive ketones (excluding diaryl/α,β-unsaturated/α-hetero) is 1. The summed E-state index contributed by atoms with van der Waals surface area (Å²) in [4.78, 5) is 27.3. The first-order valence-corrected chi connectivity index (χ1v) is 10.7. The second kappa shape index (κ2) is 9.32. The zero-order chi connectivity index (χ0) is 22.7. The van der Waals surface area contributed by atoms with Gasteiger partial charge in [-0.1, -0.05) is 23.7 Å². The minimum atomic E-state index is -0.816. The largest absolute Gasteiger partial charge is 0.507 e. The van der Waals surface area contributed by atoms with Crippen LogP contribution in [-0.4, -0.2) is 34.8 Å². The molecule has 0 saturated carbocycles. The van der Waals surface area contributed by atoms with Crippen molar-refractivity contribution in [3.63, 3.8) is 0 Å². The summed E-state index contributed by atoms with van der Waals surface area (Å²) in [6, 6.07) is 16.6. The van der Waals surface area contributed by atoms with Crippen LogP contribution in [0.4, 0.5) is 0 Å². The average Bonchev–Trinajstić information content (AvgIpc) is 3.41. The lowest BCUT2D eigenvalue weighted by molar-refractivity contribution is -0.140. The van der Waals surface area contributed by atoms with Crippen LogP contribution in [-0.2, 0) is 16.0 Å². The SMILES string of the molecule is CCOc1ccc(/C(O)=C2/C(=O)C(=O)N(CCc3ccc(Cl)cc3)C2c2ccco2)cc1. The second-order valence-electron chi connectivity index (χ2n) is 7.34. The van der Waals surface area contributed by atoms with E-state index in [2.05, 4.69) is 0 Å². The predicted octanol–water partition coefficient (Wildman–Crippen LogP) is 5.00. The number of likely N-dealkylation sites (tertiary alicyclic amines) is 1. The minimum Gasteiger partial charge on any atom is -0.507 e. The topological polar surface area (TPSA) is 80.0 Å². The molecule has 0 bridgehead atoms. The Morgan fingerprint density at radius 3 is 2.44 bits per heavy atom. The normalized spacial score (nSPS) is 17.7. The molecule has 1 aliphatic rings. The maximum absolute atomic E-state index is 13.0. The fraction of sp³-hybridized carbons (Fsp3) is 0.200. The average molecular weight is 452 g/mol. The van der Waals surface area contributed by atoms with Crippen LogP contribution in [0.2, 0.25) is 5.02 Å². The van der Waals surface area contributed by atoms with Crippen molar-refractivity contribution in [2.24, 2.45) is 0 Å². The van der Waals surface area contributed by atoms with E-state index in [0.717, 1.165) is 5.56 Å². The van der Waals surface area contributed by atoms with E-state index in [4.69, 9.17) is 20.8 Å². The van der Waals surface area contributed by atoms with Crippen LogP contribution in [0.5, 0.6) is 5.75 Å². The first-order valence-electron chi connectivity index (χ1n) is 10.3. The van der Waals surface area contributed by atoms with Crippen molar-refractivity contribution >= 4 is 29.1 Å². The van der Waals surface area contributed by atoms with E-state index >= 15 is 0 Å². The Morgan fingerprint density at radius 2 is 1.81 bits per heavy atom. The van der Waals surface area contributed by atoms with Crippen LogP contribution in [0, 0.1) is 0 Å². The van der Waals surface area contributed by atoms with Gasteiger partial charge in [-0.05, 0) is 67.4 Å². The fourth-order valence-electron chi connectivity index (χ4n) is 3.79. The maximum Gasteiger partial charge on any atom is 0.295 e. The molecule has 0 spiro atoms. The third kappa shape index (κ3) is 4.27. The number of hydrogen-bond donors (Lipinski definition) is 1. The quantitative estimate of drug-likeness (QED) is 0.311. The van der Waals surface area contributed by atoms with Gasteiger partial charge in [0.25, 0.3) is 11.7 Å². The standard InChI is InChI=1S/C25H22ClNO5/c1-2-31-19-11-7-17(8-12-19)23(28)21-22(20-4-3-15-32-20)27(25(30)24(21)29)14-13-16-5-9-18(26)10-6-16/h3-12,15,22,28H,2,13-14H2,1H3/b23-21-.